The summed E-state index contributed by atoms with van der Waals surface area (Å²) >= 11 is 7.82. The zero-order valence-electron chi connectivity index (χ0n) is 11.3. The van der Waals surface area contributed by atoms with Crippen molar-refractivity contribution in [2.75, 3.05) is 16.8 Å². The van der Waals surface area contributed by atoms with Gasteiger partial charge in [-0.3, -0.25) is 0 Å². The Hall–Kier alpha value is -1.41. The van der Waals surface area contributed by atoms with Gasteiger partial charge in [-0.05, 0) is 36.5 Å². The topological polar surface area (TPSA) is 81.4 Å². The number of aromatic nitrogens is 6. The van der Waals surface area contributed by atoms with Crippen molar-refractivity contribution in [2.24, 2.45) is 0 Å². The van der Waals surface area contributed by atoms with E-state index in [4.69, 9.17) is 11.6 Å². The lowest BCUT2D eigenvalue weighted by Crippen LogP contribution is -2.19. The fourth-order valence-electron chi connectivity index (χ4n) is 1.52. The second-order valence-electron chi connectivity index (χ2n) is 4.10. The summed E-state index contributed by atoms with van der Waals surface area (Å²) in [6.45, 7) is 4.24. The van der Waals surface area contributed by atoms with Gasteiger partial charge < -0.3 is 5.32 Å². The van der Waals surface area contributed by atoms with Crippen LogP contribution in [0.5, 0.6) is 0 Å². The van der Waals surface area contributed by atoms with Crippen LogP contribution in [-0.2, 0) is 0 Å². The van der Waals surface area contributed by atoms with Gasteiger partial charge in [-0.25, -0.2) is 4.98 Å². The Bertz CT molecular complexity index is 534. The predicted octanol–water partition coefficient (Wildman–Crippen LogP) is 2.05. The fourth-order valence-corrected chi connectivity index (χ4v) is 2.48. The first-order chi connectivity index (χ1) is 9.69. The molecule has 7 nitrogen and oxygen atoms in total. The van der Waals surface area contributed by atoms with Crippen LogP contribution < -0.4 is 5.32 Å². The average Bonchev–Trinajstić information content (AvgIpc) is 2.92. The highest BCUT2D eigenvalue weighted by atomic mass is 35.5. The Morgan fingerprint density at radius 2 is 2.25 bits per heavy atom. The van der Waals surface area contributed by atoms with Crippen LogP contribution in [0.15, 0.2) is 12.7 Å². The van der Waals surface area contributed by atoms with E-state index in [1.165, 1.54) is 17.3 Å². The summed E-state index contributed by atoms with van der Waals surface area (Å²) in [6.07, 6.45) is 3.95. The Morgan fingerprint density at radius 3 is 2.95 bits per heavy atom. The van der Waals surface area contributed by atoms with Crippen LogP contribution >= 0.6 is 23.4 Å². The number of nitrogens with zero attached hydrogens (tertiary/aromatic N) is 6. The number of anilines is 1. The maximum Gasteiger partial charge on any atom is 0.258 e. The molecule has 0 saturated carbocycles. The third-order valence-corrected chi connectivity index (χ3v) is 3.60. The summed E-state index contributed by atoms with van der Waals surface area (Å²) in [7, 11) is 0. The zero-order chi connectivity index (χ0) is 14.4. The van der Waals surface area contributed by atoms with Crippen molar-refractivity contribution in [3.63, 3.8) is 0 Å². The smallest absolute Gasteiger partial charge is 0.258 e. The molecule has 2 heterocycles. The number of hydrogen-bond acceptors (Lipinski definition) is 7. The molecule has 0 bridgehead atoms. The van der Waals surface area contributed by atoms with Crippen LogP contribution in [-0.4, -0.2) is 47.3 Å². The van der Waals surface area contributed by atoms with E-state index in [1.807, 2.05) is 11.8 Å². The van der Waals surface area contributed by atoms with Gasteiger partial charge >= 0.3 is 0 Å². The minimum Gasteiger partial charge on any atom is -0.352 e. The number of rotatable bonds is 7. The number of halogens is 1. The highest BCUT2D eigenvalue weighted by Gasteiger charge is 2.09. The Kier molecular flexibility index (Phi) is 5.54. The molecule has 0 fully saturated rings. The molecule has 108 valence electrons. The van der Waals surface area contributed by atoms with E-state index < -0.39 is 0 Å². The van der Waals surface area contributed by atoms with Gasteiger partial charge in [-0.1, -0.05) is 6.92 Å². The minimum atomic E-state index is 0.128. The van der Waals surface area contributed by atoms with Crippen LogP contribution in [0.1, 0.15) is 20.3 Å². The van der Waals surface area contributed by atoms with Gasteiger partial charge in [0.1, 0.15) is 12.7 Å². The molecular weight excluding hydrogens is 298 g/mol. The summed E-state index contributed by atoms with van der Waals surface area (Å²) in [5.74, 6) is 3.02. The quantitative estimate of drug-likeness (QED) is 0.783. The molecule has 1 N–H and O–H groups in total. The molecule has 0 aliphatic carbocycles. The van der Waals surface area contributed by atoms with Crippen molar-refractivity contribution in [1.82, 2.24) is 29.7 Å². The molecule has 0 aliphatic heterocycles. The monoisotopic (exact) mass is 313 g/mol. The second kappa shape index (κ2) is 7.39. The van der Waals surface area contributed by atoms with Crippen molar-refractivity contribution >= 4 is 29.3 Å². The van der Waals surface area contributed by atoms with Gasteiger partial charge in [0.25, 0.3) is 5.95 Å². The third-order valence-electron chi connectivity index (χ3n) is 2.49. The summed E-state index contributed by atoms with van der Waals surface area (Å²) in [5, 5.41) is 7.32. The van der Waals surface area contributed by atoms with E-state index in [0.717, 1.165) is 17.9 Å². The first kappa shape index (κ1) is 15.0. The molecule has 2 rings (SSSR count). The molecule has 0 radical (unpaired) electrons. The molecule has 2 aromatic rings. The van der Waals surface area contributed by atoms with Crippen molar-refractivity contribution in [3.05, 3.63) is 17.9 Å². The molecule has 0 amide bonds. The normalized spacial score (nSPS) is 12.3. The lowest BCUT2D eigenvalue weighted by atomic mass is 10.3. The Morgan fingerprint density at radius 1 is 1.40 bits per heavy atom. The standard InChI is InChI=1S/C11H16ClN7S/c1-3-20-5-4-8(2)15-10-16-9(12)17-11(18-10)19-7-13-6-14-19/h6-8H,3-5H2,1-2H3,(H,15,16,17,18). The molecule has 0 aliphatic rings. The zero-order valence-corrected chi connectivity index (χ0v) is 12.9. The first-order valence-electron chi connectivity index (χ1n) is 6.30. The van der Waals surface area contributed by atoms with E-state index in [9.17, 15) is 0 Å². The summed E-state index contributed by atoms with van der Waals surface area (Å²) < 4.78 is 1.44. The summed E-state index contributed by atoms with van der Waals surface area (Å²) in [6, 6.07) is 0.260. The number of hydrogen-bond donors (Lipinski definition) is 1. The predicted molar refractivity (Wildman–Crippen MR) is 80.5 cm³/mol. The molecule has 20 heavy (non-hydrogen) atoms. The number of thioether (sulfide) groups is 1. The van der Waals surface area contributed by atoms with Crippen molar-refractivity contribution in [1.29, 1.82) is 0 Å². The maximum atomic E-state index is 5.91. The highest BCUT2D eigenvalue weighted by molar-refractivity contribution is 7.99. The number of nitrogens with one attached hydrogen (secondary N) is 1. The van der Waals surface area contributed by atoms with Crippen LogP contribution in [0.4, 0.5) is 5.95 Å². The van der Waals surface area contributed by atoms with Crippen molar-refractivity contribution in [2.45, 2.75) is 26.3 Å². The van der Waals surface area contributed by atoms with Crippen LogP contribution in [0.3, 0.4) is 0 Å². The van der Waals surface area contributed by atoms with E-state index in [0.29, 0.717) is 11.9 Å². The molecule has 0 saturated heterocycles. The van der Waals surface area contributed by atoms with Crippen LogP contribution in [0.2, 0.25) is 5.28 Å². The first-order valence-corrected chi connectivity index (χ1v) is 7.83. The van der Waals surface area contributed by atoms with Gasteiger partial charge in [0.15, 0.2) is 0 Å². The molecule has 0 spiro atoms. The molecule has 1 atom stereocenters. The van der Waals surface area contributed by atoms with Crippen molar-refractivity contribution < 1.29 is 0 Å². The lowest BCUT2D eigenvalue weighted by molar-refractivity contribution is 0.744. The van der Waals surface area contributed by atoms with Gasteiger partial charge in [0.05, 0.1) is 0 Å². The maximum absolute atomic E-state index is 5.91. The summed E-state index contributed by atoms with van der Waals surface area (Å²) in [4.78, 5) is 16.2. The van der Waals surface area contributed by atoms with Crippen LogP contribution in [0, 0.1) is 0 Å². The molecule has 9 heteroatoms. The largest absolute Gasteiger partial charge is 0.352 e. The highest BCUT2D eigenvalue weighted by Crippen LogP contribution is 2.11. The fraction of sp³-hybridized carbons (Fsp3) is 0.545. The Labute approximate surface area is 126 Å². The minimum absolute atomic E-state index is 0.128. The van der Waals surface area contributed by atoms with Gasteiger partial charge in [0.2, 0.25) is 11.2 Å². The Balaban J connectivity index is 2.05. The molecular formula is C11H16ClN7S. The molecule has 0 aromatic carbocycles. The second-order valence-corrected chi connectivity index (χ2v) is 5.83. The van der Waals surface area contributed by atoms with E-state index in [1.54, 1.807) is 0 Å². The van der Waals surface area contributed by atoms with Gasteiger partial charge in [-0.2, -0.15) is 36.5 Å². The molecule has 2 aromatic heterocycles. The van der Waals surface area contributed by atoms with Gasteiger partial charge in [-0.15, -0.1) is 0 Å². The van der Waals surface area contributed by atoms with E-state index in [-0.39, 0.29) is 11.3 Å². The summed E-state index contributed by atoms with van der Waals surface area (Å²) in [5.41, 5.74) is 0. The van der Waals surface area contributed by atoms with Crippen molar-refractivity contribution in [3.8, 4) is 5.95 Å². The van der Waals surface area contributed by atoms with E-state index in [2.05, 4.69) is 44.2 Å². The van der Waals surface area contributed by atoms with Gasteiger partial charge in [0, 0.05) is 6.04 Å². The third kappa shape index (κ3) is 4.31. The SMILES string of the molecule is CCSCCC(C)Nc1nc(Cl)nc(-n2cncn2)n1. The lowest BCUT2D eigenvalue weighted by Gasteiger charge is -2.13. The van der Waals surface area contributed by atoms with E-state index >= 15 is 0 Å². The average molecular weight is 314 g/mol. The van der Waals surface area contributed by atoms with Crippen LogP contribution in [0.25, 0.3) is 5.95 Å². The molecule has 1 unspecified atom stereocenters.